The van der Waals surface area contributed by atoms with Crippen LogP contribution < -0.4 is 5.32 Å². The number of carbonyl (C=O) groups excluding carboxylic acids is 1. The van der Waals surface area contributed by atoms with Crippen molar-refractivity contribution in [2.75, 3.05) is 13.1 Å². The molecule has 2 aromatic heterocycles. The zero-order valence-corrected chi connectivity index (χ0v) is 18.5. The number of carbonyl (C=O) groups is 1. The number of rotatable bonds is 9. The Morgan fingerprint density at radius 1 is 1.23 bits per heavy atom. The van der Waals surface area contributed by atoms with E-state index < -0.39 is 10.0 Å². The molecule has 1 aromatic carbocycles. The molecule has 9 heteroatoms. The molecule has 1 saturated heterocycles. The number of furan rings is 1. The highest BCUT2D eigenvalue weighted by atomic mass is 32.2. The van der Waals surface area contributed by atoms with E-state index >= 15 is 0 Å². The van der Waals surface area contributed by atoms with Crippen molar-refractivity contribution in [1.82, 2.24) is 19.2 Å². The Morgan fingerprint density at radius 3 is 2.74 bits per heavy atom. The molecule has 1 aliphatic rings. The minimum atomic E-state index is -3.49. The maximum absolute atomic E-state index is 12.9. The predicted molar refractivity (Wildman–Crippen MR) is 117 cm³/mol. The number of hydrogen-bond donors (Lipinski definition) is 1. The van der Waals surface area contributed by atoms with Gasteiger partial charge in [0, 0.05) is 44.6 Å². The van der Waals surface area contributed by atoms with E-state index in [-0.39, 0.29) is 10.8 Å². The third kappa shape index (κ3) is 4.67. The molecule has 1 amide bonds. The van der Waals surface area contributed by atoms with Crippen LogP contribution in [0.1, 0.15) is 44.0 Å². The second-order valence-electron chi connectivity index (χ2n) is 7.85. The minimum absolute atomic E-state index is 0.0615. The summed E-state index contributed by atoms with van der Waals surface area (Å²) in [5, 5.41) is 2.88. The summed E-state index contributed by atoms with van der Waals surface area (Å²) in [7, 11) is -3.49. The summed E-state index contributed by atoms with van der Waals surface area (Å²) in [5.41, 5.74) is 2.47. The summed E-state index contributed by atoms with van der Waals surface area (Å²) < 4.78 is 34.5. The van der Waals surface area contributed by atoms with E-state index in [0.29, 0.717) is 38.0 Å². The van der Waals surface area contributed by atoms with Crippen LogP contribution in [0.5, 0.6) is 0 Å². The van der Waals surface area contributed by atoms with Crippen LogP contribution in [0.25, 0.3) is 11.0 Å². The Morgan fingerprint density at radius 2 is 2.03 bits per heavy atom. The van der Waals surface area contributed by atoms with Gasteiger partial charge in [-0.1, -0.05) is 6.92 Å². The smallest absolute Gasteiger partial charge is 0.243 e. The van der Waals surface area contributed by atoms with E-state index in [2.05, 4.69) is 16.8 Å². The second-order valence-corrected chi connectivity index (χ2v) is 9.79. The highest BCUT2D eigenvalue weighted by molar-refractivity contribution is 7.89. The quantitative estimate of drug-likeness (QED) is 0.547. The molecular formula is C22H28N4O4S. The van der Waals surface area contributed by atoms with Crippen LogP contribution in [-0.2, 0) is 34.3 Å². The summed E-state index contributed by atoms with van der Waals surface area (Å²) in [6.45, 7) is 4.42. The van der Waals surface area contributed by atoms with Crippen molar-refractivity contribution in [2.45, 2.75) is 57.0 Å². The zero-order chi connectivity index (χ0) is 21.8. The first kappa shape index (κ1) is 21.6. The number of nitrogens with zero attached hydrogens (tertiary/aromatic N) is 3. The molecule has 0 atom stereocenters. The molecule has 8 nitrogen and oxygen atoms in total. The van der Waals surface area contributed by atoms with Crippen molar-refractivity contribution in [2.24, 2.45) is 0 Å². The third-order valence-electron chi connectivity index (χ3n) is 5.59. The van der Waals surface area contributed by atoms with Crippen molar-refractivity contribution in [3.05, 3.63) is 48.2 Å². The van der Waals surface area contributed by atoms with Crippen molar-refractivity contribution >= 4 is 27.0 Å². The van der Waals surface area contributed by atoms with Gasteiger partial charge in [0.15, 0.2) is 0 Å². The minimum Gasteiger partial charge on any atom is -0.472 e. The number of amides is 1. The van der Waals surface area contributed by atoms with Crippen LogP contribution in [0.15, 0.2) is 46.1 Å². The van der Waals surface area contributed by atoms with Gasteiger partial charge in [0.25, 0.3) is 0 Å². The summed E-state index contributed by atoms with van der Waals surface area (Å²) in [6, 6.07) is 6.99. The average Bonchev–Trinajstić information content (AvgIpc) is 3.52. The topological polar surface area (TPSA) is 97.4 Å². The Hall–Kier alpha value is -2.65. The first-order chi connectivity index (χ1) is 15.0. The lowest BCUT2D eigenvalue weighted by molar-refractivity contribution is -0.121. The number of fused-ring (bicyclic) bond motifs is 1. The lowest BCUT2D eigenvalue weighted by Crippen LogP contribution is -2.27. The monoisotopic (exact) mass is 444 g/mol. The number of nitrogens with one attached hydrogen (secondary N) is 1. The van der Waals surface area contributed by atoms with Gasteiger partial charge in [-0.15, -0.1) is 0 Å². The van der Waals surface area contributed by atoms with Gasteiger partial charge in [-0.2, -0.15) is 4.31 Å². The largest absolute Gasteiger partial charge is 0.472 e. The molecular weight excluding hydrogens is 416 g/mol. The molecule has 166 valence electrons. The standard InChI is InChI=1S/C22H28N4O4S/c1-2-10-26-20-6-5-18(31(28,29)25-11-3-4-12-25)14-19(20)24-21(26)7-8-22(27)23-15-17-9-13-30-16-17/h5-6,9,13-14,16H,2-4,7-8,10-12,15H2,1H3,(H,23,27). The molecule has 0 saturated carbocycles. The van der Waals surface area contributed by atoms with Gasteiger partial charge in [0.2, 0.25) is 15.9 Å². The van der Waals surface area contributed by atoms with E-state index in [1.54, 1.807) is 29.0 Å². The molecule has 0 spiro atoms. The molecule has 31 heavy (non-hydrogen) atoms. The van der Waals surface area contributed by atoms with Crippen molar-refractivity contribution < 1.29 is 17.6 Å². The van der Waals surface area contributed by atoms with Crippen LogP contribution in [0.4, 0.5) is 0 Å². The Bertz CT molecular complexity index is 1150. The maximum atomic E-state index is 12.9. The lowest BCUT2D eigenvalue weighted by atomic mass is 10.2. The molecule has 0 radical (unpaired) electrons. The fourth-order valence-corrected chi connectivity index (χ4v) is 5.51. The molecule has 0 unspecified atom stereocenters. The van der Waals surface area contributed by atoms with Crippen molar-refractivity contribution in [3.8, 4) is 0 Å². The number of benzene rings is 1. The molecule has 0 bridgehead atoms. The highest BCUT2D eigenvalue weighted by Gasteiger charge is 2.27. The average molecular weight is 445 g/mol. The molecule has 4 rings (SSSR count). The first-order valence-electron chi connectivity index (χ1n) is 10.8. The van der Waals surface area contributed by atoms with Crippen LogP contribution >= 0.6 is 0 Å². The number of sulfonamides is 1. The van der Waals surface area contributed by atoms with Gasteiger partial charge in [0.1, 0.15) is 5.82 Å². The zero-order valence-electron chi connectivity index (χ0n) is 17.7. The normalized spacial score (nSPS) is 15.0. The van der Waals surface area contributed by atoms with Gasteiger partial charge in [-0.05, 0) is 43.5 Å². The Kier molecular flexibility index (Phi) is 6.43. The summed E-state index contributed by atoms with van der Waals surface area (Å²) in [5.74, 6) is 0.736. The molecule has 1 aliphatic heterocycles. The highest BCUT2D eigenvalue weighted by Crippen LogP contribution is 2.25. The summed E-state index contributed by atoms with van der Waals surface area (Å²) in [6.07, 6.45) is 6.70. The fraction of sp³-hybridized carbons (Fsp3) is 0.455. The Balaban J connectivity index is 1.52. The first-order valence-corrected chi connectivity index (χ1v) is 12.2. The van der Waals surface area contributed by atoms with Gasteiger partial charge in [0.05, 0.1) is 28.5 Å². The molecule has 1 N–H and O–H groups in total. The molecule has 3 heterocycles. The molecule has 0 aliphatic carbocycles. The van der Waals surface area contributed by atoms with Gasteiger partial charge in [-0.25, -0.2) is 13.4 Å². The third-order valence-corrected chi connectivity index (χ3v) is 7.49. The maximum Gasteiger partial charge on any atom is 0.243 e. The number of aryl methyl sites for hydroxylation is 2. The van der Waals surface area contributed by atoms with E-state index in [1.807, 2.05) is 12.1 Å². The van der Waals surface area contributed by atoms with Crippen molar-refractivity contribution in [1.29, 1.82) is 0 Å². The SMILES string of the molecule is CCCn1c(CCC(=O)NCc2ccoc2)nc2cc(S(=O)(=O)N3CCCC3)ccc21. The lowest BCUT2D eigenvalue weighted by Gasteiger charge is -2.15. The summed E-state index contributed by atoms with van der Waals surface area (Å²) in [4.78, 5) is 17.2. The predicted octanol–water partition coefficient (Wildman–Crippen LogP) is 3.07. The van der Waals surface area contributed by atoms with E-state index in [0.717, 1.165) is 42.7 Å². The molecule has 3 aromatic rings. The van der Waals surface area contributed by atoms with E-state index in [4.69, 9.17) is 9.40 Å². The van der Waals surface area contributed by atoms with E-state index in [9.17, 15) is 13.2 Å². The van der Waals surface area contributed by atoms with Crippen molar-refractivity contribution in [3.63, 3.8) is 0 Å². The van der Waals surface area contributed by atoms with Gasteiger partial charge in [-0.3, -0.25) is 4.79 Å². The van der Waals surface area contributed by atoms with Crippen LogP contribution in [0.3, 0.4) is 0 Å². The van der Waals surface area contributed by atoms with Gasteiger partial charge >= 0.3 is 0 Å². The number of imidazole rings is 1. The Labute approximate surface area is 182 Å². The molecule has 1 fully saturated rings. The number of aromatic nitrogens is 2. The van der Waals surface area contributed by atoms with Crippen LogP contribution in [0, 0.1) is 0 Å². The van der Waals surface area contributed by atoms with Crippen LogP contribution in [0.2, 0.25) is 0 Å². The van der Waals surface area contributed by atoms with E-state index in [1.165, 1.54) is 0 Å². The number of hydrogen-bond acceptors (Lipinski definition) is 5. The second kappa shape index (κ2) is 9.23. The van der Waals surface area contributed by atoms with Crippen LogP contribution in [-0.4, -0.2) is 41.3 Å². The fourth-order valence-electron chi connectivity index (χ4n) is 3.97. The van der Waals surface area contributed by atoms with Gasteiger partial charge < -0.3 is 14.3 Å². The summed E-state index contributed by atoms with van der Waals surface area (Å²) >= 11 is 0.